The first-order chi connectivity index (χ1) is 13.3. The van der Waals surface area contributed by atoms with Crippen molar-refractivity contribution < 1.29 is 14.3 Å². The molecule has 0 atom stereocenters. The summed E-state index contributed by atoms with van der Waals surface area (Å²) < 4.78 is 6.47. The van der Waals surface area contributed by atoms with Gasteiger partial charge in [-0.1, -0.05) is 18.2 Å². The molecule has 1 amide bonds. The number of ether oxygens (including phenoxy) is 1. The smallest absolute Gasteiger partial charge is 0.315 e. The van der Waals surface area contributed by atoms with E-state index in [1.807, 2.05) is 25.1 Å². The Morgan fingerprint density at radius 1 is 1.11 bits per heavy atom. The van der Waals surface area contributed by atoms with Crippen LogP contribution in [0.1, 0.15) is 35.5 Å². The van der Waals surface area contributed by atoms with Crippen LogP contribution in [0.15, 0.2) is 54.9 Å². The van der Waals surface area contributed by atoms with Crippen LogP contribution in [0.2, 0.25) is 0 Å². The zero-order chi connectivity index (χ0) is 20.3. The lowest BCUT2D eigenvalue weighted by Crippen LogP contribution is -2.30. The van der Waals surface area contributed by atoms with Crippen molar-refractivity contribution in [1.29, 1.82) is 0 Å². The second-order valence-electron chi connectivity index (χ2n) is 6.89. The molecule has 1 N–H and O–H groups in total. The third-order valence-corrected chi connectivity index (χ3v) is 4.68. The van der Waals surface area contributed by atoms with Crippen LogP contribution in [0.25, 0.3) is 5.82 Å². The Morgan fingerprint density at radius 3 is 2.43 bits per heavy atom. The van der Waals surface area contributed by atoms with Gasteiger partial charge in [-0.15, -0.1) is 0 Å². The Morgan fingerprint density at radius 2 is 1.82 bits per heavy atom. The van der Waals surface area contributed by atoms with E-state index in [0.29, 0.717) is 22.8 Å². The number of methoxy groups -OCH3 is 1. The van der Waals surface area contributed by atoms with Crippen LogP contribution in [-0.2, 0) is 14.9 Å². The van der Waals surface area contributed by atoms with Crippen molar-refractivity contribution in [1.82, 2.24) is 14.8 Å². The molecular weight excluding hydrogens is 356 g/mol. The number of anilines is 1. The Labute approximate surface area is 163 Å². The molecule has 0 aliphatic heterocycles. The Kier molecular flexibility index (Phi) is 5.26. The van der Waals surface area contributed by atoms with E-state index >= 15 is 0 Å². The van der Waals surface area contributed by atoms with Crippen LogP contribution >= 0.6 is 0 Å². The highest BCUT2D eigenvalue weighted by atomic mass is 16.5. The summed E-state index contributed by atoms with van der Waals surface area (Å²) in [6.07, 6.45) is 3.20. The Balaban J connectivity index is 1.77. The SMILES string of the molecule is COC(=O)C(C)(C)c1ccc(NC(=O)c2cnn(-c3ccccn3)c2C)cc1. The maximum atomic E-state index is 12.7. The molecule has 7 heteroatoms. The van der Waals surface area contributed by atoms with Crippen molar-refractivity contribution in [2.24, 2.45) is 0 Å². The van der Waals surface area contributed by atoms with Gasteiger partial charge in [0.2, 0.25) is 0 Å². The molecule has 0 spiro atoms. The van der Waals surface area contributed by atoms with Gasteiger partial charge in [-0.2, -0.15) is 5.10 Å². The average molecular weight is 378 g/mol. The third-order valence-electron chi connectivity index (χ3n) is 4.68. The standard InChI is InChI=1S/C21H22N4O3/c1-14-17(13-23-25(14)18-7-5-6-12-22-18)19(26)24-16-10-8-15(9-11-16)21(2,3)20(27)28-4/h5-13H,1-4H3,(H,24,26). The molecule has 2 aromatic heterocycles. The summed E-state index contributed by atoms with van der Waals surface area (Å²) in [5, 5.41) is 7.12. The normalized spacial score (nSPS) is 11.1. The predicted molar refractivity (Wildman–Crippen MR) is 106 cm³/mol. The second kappa shape index (κ2) is 7.64. The number of nitrogens with one attached hydrogen (secondary N) is 1. The number of benzene rings is 1. The summed E-state index contributed by atoms with van der Waals surface area (Å²) >= 11 is 0. The van der Waals surface area contributed by atoms with Gasteiger partial charge in [-0.3, -0.25) is 9.59 Å². The summed E-state index contributed by atoms with van der Waals surface area (Å²) in [5.74, 6) is 0.0648. The highest BCUT2D eigenvalue weighted by Gasteiger charge is 2.30. The van der Waals surface area contributed by atoms with Gasteiger partial charge < -0.3 is 10.1 Å². The lowest BCUT2D eigenvalue weighted by molar-refractivity contribution is -0.146. The number of pyridine rings is 1. The number of amides is 1. The second-order valence-corrected chi connectivity index (χ2v) is 6.89. The first kappa shape index (κ1) is 19.3. The van der Waals surface area contributed by atoms with Crippen molar-refractivity contribution in [2.45, 2.75) is 26.2 Å². The minimum Gasteiger partial charge on any atom is -0.468 e. The molecule has 1 aromatic carbocycles. The van der Waals surface area contributed by atoms with E-state index in [2.05, 4.69) is 15.4 Å². The van der Waals surface area contributed by atoms with E-state index in [0.717, 1.165) is 5.56 Å². The summed E-state index contributed by atoms with van der Waals surface area (Å²) in [6.45, 7) is 5.40. The van der Waals surface area contributed by atoms with Crippen LogP contribution in [0.3, 0.4) is 0 Å². The van der Waals surface area contributed by atoms with E-state index in [9.17, 15) is 9.59 Å². The minimum absolute atomic E-state index is 0.264. The van der Waals surface area contributed by atoms with Gasteiger partial charge in [0.1, 0.15) is 0 Å². The Hall–Kier alpha value is -3.48. The van der Waals surface area contributed by atoms with Crippen LogP contribution < -0.4 is 5.32 Å². The number of rotatable bonds is 5. The van der Waals surface area contributed by atoms with Crippen molar-refractivity contribution in [2.75, 3.05) is 12.4 Å². The summed E-state index contributed by atoms with van der Waals surface area (Å²) in [4.78, 5) is 28.8. The monoisotopic (exact) mass is 378 g/mol. The molecule has 0 radical (unpaired) electrons. The topological polar surface area (TPSA) is 86.1 Å². The molecule has 0 bridgehead atoms. The molecule has 0 unspecified atom stereocenters. The maximum absolute atomic E-state index is 12.7. The van der Waals surface area contributed by atoms with Crippen LogP contribution in [-0.4, -0.2) is 33.8 Å². The molecule has 3 aromatic rings. The summed E-state index contributed by atoms with van der Waals surface area (Å²) in [6, 6.07) is 12.6. The highest BCUT2D eigenvalue weighted by Crippen LogP contribution is 2.26. The van der Waals surface area contributed by atoms with Crippen molar-refractivity contribution in [3.05, 3.63) is 71.7 Å². The largest absolute Gasteiger partial charge is 0.468 e. The molecule has 3 rings (SSSR count). The highest BCUT2D eigenvalue weighted by molar-refractivity contribution is 6.05. The number of carbonyl (C=O) groups excluding carboxylic acids is 2. The number of carbonyl (C=O) groups is 2. The molecule has 0 aliphatic rings. The van der Waals surface area contributed by atoms with E-state index in [1.54, 1.807) is 49.0 Å². The van der Waals surface area contributed by atoms with E-state index in [4.69, 9.17) is 4.74 Å². The number of hydrogen-bond donors (Lipinski definition) is 1. The quantitative estimate of drug-likeness (QED) is 0.689. The summed E-state index contributed by atoms with van der Waals surface area (Å²) in [7, 11) is 1.37. The lowest BCUT2D eigenvalue weighted by atomic mass is 9.85. The molecule has 0 saturated carbocycles. The van der Waals surface area contributed by atoms with Gasteiger partial charge in [-0.25, -0.2) is 9.67 Å². The molecule has 28 heavy (non-hydrogen) atoms. The fourth-order valence-electron chi connectivity index (χ4n) is 2.88. The lowest BCUT2D eigenvalue weighted by Gasteiger charge is -2.22. The fourth-order valence-corrected chi connectivity index (χ4v) is 2.88. The zero-order valence-corrected chi connectivity index (χ0v) is 16.3. The van der Waals surface area contributed by atoms with Gasteiger partial charge >= 0.3 is 5.97 Å². The fraction of sp³-hybridized carbons (Fsp3) is 0.238. The first-order valence-electron chi connectivity index (χ1n) is 8.81. The maximum Gasteiger partial charge on any atom is 0.315 e. The average Bonchev–Trinajstić information content (AvgIpc) is 3.09. The van der Waals surface area contributed by atoms with Crippen LogP contribution in [0, 0.1) is 6.92 Å². The first-order valence-corrected chi connectivity index (χ1v) is 8.81. The Bertz CT molecular complexity index is 992. The van der Waals surface area contributed by atoms with Crippen LogP contribution in [0.5, 0.6) is 0 Å². The molecule has 0 fully saturated rings. The molecular formula is C21H22N4O3. The van der Waals surface area contributed by atoms with Crippen molar-refractivity contribution in [3.8, 4) is 5.82 Å². The molecule has 144 valence electrons. The van der Waals surface area contributed by atoms with Gasteiger partial charge in [0.15, 0.2) is 5.82 Å². The van der Waals surface area contributed by atoms with E-state index < -0.39 is 5.41 Å². The van der Waals surface area contributed by atoms with Crippen molar-refractivity contribution >= 4 is 17.6 Å². The number of nitrogens with zero attached hydrogens (tertiary/aromatic N) is 3. The predicted octanol–water partition coefficient (Wildman–Crippen LogP) is 3.28. The number of esters is 1. The molecule has 7 nitrogen and oxygen atoms in total. The summed E-state index contributed by atoms with van der Waals surface area (Å²) in [5.41, 5.74) is 1.82. The number of aromatic nitrogens is 3. The van der Waals surface area contributed by atoms with Crippen LogP contribution in [0.4, 0.5) is 5.69 Å². The molecule has 0 saturated heterocycles. The molecule has 2 heterocycles. The zero-order valence-electron chi connectivity index (χ0n) is 16.3. The third kappa shape index (κ3) is 3.64. The molecule has 0 aliphatic carbocycles. The van der Waals surface area contributed by atoms with E-state index in [1.165, 1.54) is 13.3 Å². The van der Waals surface area contributed by atoms with Gasteiger partial charge in [0.05, 0.1) is 30.0 Å². The minimum atomic E-state index is -0.766. The van der Waals surface area contributed by atoms with Crippen molar-refractivity contribution in [3.63, 3.8) is 0 Å². The van der Waals surface area contributed by atoms with Gasteiger partial charge in [0.25, 0.3) is 5.91 Å². The van der Waals surface area contributed by atoms with Gasteiger partial charge in [-0.05, 0) is 50.6 Å². The van der Waals surface area contributed by atoms with Gasteiger partial charge in [0, 0.05) is 11.9 Å². The number of hydrogen-bond acceptors (Lipinski definition) is 5. The van der Waals surface area contributed by atoms with E-state index in [-0.39, 0.29) is 11.9 Å².